The van der Waals surface area contributed by atoms with E-state index in [4.69, 9.17) is 4.74 Å². The van der Waals surface area contributed by atoms with Crippen LogP contribution in [0.3, 0.4) is 0 Å². The Morgan fingerprint density at radius 1 is 1.33 bits per heavy atom. The predicted molar refractivity (Wildman–Crippen MR) is 70.9 cm³/mol. The number of carbonyl (C=O) groups is 1. The number of nitrogens with zero attached hydrogens (tertiary/aromatic N) is 1. The third-order valence-electron chi connectivity index (χ3n) is 3.32. The Balaban J connectivity index is 1.85. The van der Waals surface area contributed by atoms with E-state index in [9.17, 15) is 9.82 Å². The van der Waals surface area contributed by atoms with Gasteiger partial charge in [-0.2, -0.15) is 0 Å². The zero-order valence-electron chi connectivity index (χ0n) is 10.6. The molecule has 0 aliphatic carbocycles. The average molecular weight is 247 g/mol. The maximum atomic E-state index is 10.5. The van der Waals surface area contributed by atoms with Gasteiger partial charge in [-0.05, 0) is 57.0 Å². The minimum absolute atomic E-state index is 0.196. The Morgan fingerprint density at radius 3 is 2.44 bits per heavy atom. The average Bonchev–Trinajstić information content (AvgIpc) is 2.40. The largest absolute Gasteiger partial charge is 0.490 e. The quantitative estimate of drug-likeness (QED) is 0.646. The van der Waals surface area contributed by atoms with E-state index >= 15 is 0 Å². The van der Waals surface area contributed by atoms with Crippen LogP contribution in [0.4, 0.5) is 0 Å². The first kappa shape index (κ1) is 13.1. The van der Waals surface area contributed by atoms with E-state index in [-0.39, 0.29) is 13.2 Å². The molecule has 0 atom stereocenters. The zero-order valence-corrected chi connectivity index (χ0v) is 10.6. The van der Waals surface area contributed by atoms with Crippen molar-refractivity contribution in [2.24, 2.45) is 0 Å². The van der Waals surface area contributed by atoms with Crippen LogP contribution in [0.2, 0.25) is 6.82 Å². The molecule has 0 saturated carbocycles. The summed E-state index contributed by atoms with van der Waals surface area (Å²) in [5, 5.41) is 9.46. The second kappa shape index (κ2) is 6.02. The highest BCUT2D eigenvalue weighted by atomic mass is 16.5. The summed E-state index contributed by atoms with van der Waals surface area (Å²) in [6.45, 7) is 3.50. The molecule has 0 spiro atoms. The van der Waals surface area contributed by atoms with E-state index in [1.807, 2.05) is 16.9 Å². The standard InChI is InChI=1S/C13H18BNO3/c1-14(17)15-8-6-13(7-9-15)18-12-4-2-11(10-16)3-5-12/h2-5,10,13,17H,6-9H2,1H3. The maximum Gasteiger partial charge on any atom is 0.376 e. The van der Waals surface area contributed by atoms with Crippen LogP contribution in [-0.2, 0) is 0 Å². The Labute approximate surface area is 108 Å². The first-order valence-corrected chi connectivity index (χ1v) is 6.33. The number of carbonyl (C=O) groups excluding carboxylic acids is 1. The molecule has 1 saturated heterocycles. The minimum Gasteiger partial charge on any atom is -0.490 e. The molecule has 1 aliphatic rings. The van der Waals surface area contributed by atoms with Crippen LogP contribution in [0.15, 0.2) is 24.3 Å². The molecule has 2 rings (SSSR count). The van der Waals surface area contributed by atoms with E-state index in [0.717, 1.165) is 38.0 Å². The van der Waals surface area contributed by atoms with Crippen LogP contribution >= 0.6 is 0 Å². The Kier molecular flexibility index (Phi) is 4.39. The van der Waals surface area contributed by atoms with Crippen molar-refractivity contribution in [3.8, 4) is 5.75 Å². The monoisotopic (exact) mass is 247 g/mol. The van der Waals surface area contributed by atoms with Gasteiger partial charge in [-0.3, -0.25) is 4.79 Å². The molecule has 1 aliphatic heterocycles. The summed E-state index contributed by atoms with van der Waals surface area (Å²) >= 11 is 0. The molecule has 0 bridgehead atoms. The van der Waals surface area contributed by atoms with Gasteiger partial charge in [0.25, 0.3) is 0 Å². The van der Waals surface area contributed by atoms with Gasteiger partial charge in [-0.1, -0.05) is 0 Å². The van der Waals surface area contributed by atoms with E-state index in [1.165, 1.54) is 0 Å². The SMILES string of the molecule is CB(O)N1CCC(Oc2ccc(C=O)cc2)CC1. The van der Waals surface area contributed by atoms with Crippen molar-refractivity contribution in [1.82, 2.24) is 4.81 Å². The van der Waals surface area contributed by atoms with Crippen molar-refractivity contribution in [1.29, 1.82) is 0 Å². The lowest BCUT2D eigenvalue weighted by Crippen LogP contribution is -2.45. The Bertz CT molecular complexity index is 386. The summed E-state index contributed by atoms with van der Waals surface area (Å²) in [5.74, 6) is 0.802. The number of aldehydes is 1. The molecule has 0 amide bonds. The van der Waals surface area contributed by atoms with E-state index in [2.05, 4.69) is 0 Å². The van der Waals surface area contributed by atoms with Crippen molar-refractivity contribution in [2.75, 3.05) is 13.1 Å². The summed E-state index contributed by atoms with van der Waals surface area (Å²) in [4.78, 5) is 12.6. The second-order valence-corrected chi connectivity index (χ2v) is 4.67. The van der Waals surface area contributed by atoms with Crippen molar-refractivity contribution < 1.29 is 14.6 Å². The lowest BCUT2D eigenvalue weighted by atomic mass is 9.82. The van der Waals surface area contributed by atoms with Crippen LogP contribution in [0, 0.1) is 0 Å². The summed E-state index contributed by atoms with van der Waals surface area (Å²) in [7, 11) is -0.377. The fourth-order valence-corrected chi connectivity index (χ4v) is 2.18. The number of hydrogen-bond acceptors (Lipinski definition) is 4. The van der Waals surface area contributed by atoms with Gasteiger partial charge in [0, 0.05) is 5.56 Å². The fourth-order valence-electron chi connectivity index (χ4n) is 2.18. The fraction of sp³-hybridized carbons (Fsp3) is 0.462. The van der Waals surface area contributed by atoms with Gasteiger partial charge in [0.15, 0.2) is 0 Å². The number of ether oxygens (including phenoxy) is 1. The van der Waals surface area contributed by atoms with Crippen LogP contribution < -0.4 is 4.74 Å². The summed E-state index contributed by atoms with van der Waals surface area (Å²) in [6, 6.07) is 7.16. The minimum atomic E-state index is -0.377. The van der Waals surface area contributed by atoms with Crippen molar-refractivity contribution in [2.45, 2.75) is 25.8 Å². The van der Waals surface area contributed by atoms with Gasteiger partial charge in [0.05, 0.1) is 0 Å². The number of rotatable bonds is 4. The normalized spacial score (nSPS) is 17.4. The van der Waals surface area contributed by atoms with E-state index in [1.54, 1.807) is 19.0 Å². The molecule has 1 aromatic carbocycles. The topological polar surface area (TPSA) is 49.8 Å². The molecule has 5 heteroatoms. The molecular formula is C13H18BNO3. The molecule has 96 valence electrons. The van der Waals surface area contributed by atoms with Crippen LogP contribution in [0.25, 0.3) is 0 Å². The Hall–Kier alpha value is -1.33. The predicted octanol–water partition coefficient (Wildman–Crippen LogP) is 1.45. The lowest BCUT2D eigenvalue weighted by Gasteiger charge is -2.32. The van der Waals surface area contributed by atoms with Crippen molar-refractivity contribution in [3.63, 3.8) is 0 Å². The first-order chi connectivity index (χ1) is 8.69. The van der Waals surface area contributed by atoms with Gasteiger partial charge in [0.1, 0.15) is 18.1 Å². The van der Waals surface area contributed by atoms with Gasteiger partial charge in [0.2, 0.25) is 0 Å². The third-order valence-corrected chi connectivity index (χ3v) is 3.32. The molecule has 0 aromatic heterocycles. The van der Waals surface area contributed by atoms with Gasteiger partial charge in [-0.15, -0.1) is 0 Å². The van der Waals surface area contributed by atoms with E-state index in [0.29, 0.717) is 5.56 Å². The molecule has 1 aromatic rings. The maximum absolute atomic E-state index is 10.5. The van der Waals surface area contributed by atoms with Crippen molar-refractivity contribution >= 4 is 13.3 Å². The van der Waals surface area contributed by atoms with Gasteiger partial charge in [-0.25, -0.2) is 0 Å². The molecule has 0 radical (unpaired) electrons. The lowest BCUT2D eigenvalue weighted by molar-refractivity contribution is 0.112. The van der Waals surface area contributed by atoms with Crippen LogP contribution in [0.5, 0.6) is 5.75 Å². The number of hydrogen-bond donors (Lipinski definition) is 1. The smallest absolute Gasteiger partial charge is 0.376 e. The second-order valence-electron chi connectivity index (χ2n) is 4.67. The highest BCUT2D eigenvalue weighted by Gasteiger charge is 2.24. The third kappa shape index (κ3) is 3.34. The summed E-state index contributed by atoms with van der Waals surface area (Å²) < 4.78 is 5.86. The molecule has 1 fully saturated rings. The number of benzene rings is 1. The zero-order chi connectivity index (χ0) is 13.0. The molecular weight excluding hydrogens is 229 g/mol. The first-order valence-electron chi connectivity index (χ1n) is 6.33. The van der Waals surface area contributed by atoms with Crippen LogP contribution in [0.1, 0.15) is 23.2 Å². The molecule has 18 heavy (non-hydrogen) atoms. The summed E-state index contributed by atoms with van der Waals surface area (Å²) in [6.07, 6.45) is 2.85. The van der Waals surface area contributed by atoms with Gasteiger partial charge < -0.3 is 14.6 Å². The highest BCUT2D eigenvalue weighted by molar-refractivity contribution is 6.45. The summed E-state index contributed by atoms with van der Waals surface area (Å²) in [5.41, 5.74) is 0.659. The molecule has 1 heterocycles. The van der Waals surface area contributed by atoms with Crippen LogP contribution in [-0.4, -0.2) is 42.4 Å². The van der Waals surface area contributed by atoms with Gasteiger partial charge >= 0.3 is 7.05 Å². The number of piperidine rings is 1. The molecule has 0 unspecified atom stereocenters. The molecule has 4 nitrogen and oxygen atoms in total. The van der Waals surface area contributed by atoms with E-state index < -0.39 is 0 Å². The molecule has 1 N–H and O–H groups in total. The highest BCUT2D eigenvalue weighted by Crippen LogP contribution is 2.19. The van der Waals surface area contributed by atoms with Crippen molar-refractivity contribution in [3.05, 3.63) is 29.8 Å². The Morgan fingerprint density at radius 2 is 1.94 bits per heavy atom.